The van der Waals surface area contributed by atoms with Crippen molar-refractivity contribution in [1.82, 2.24) is 10.2 Å². The maximum Gasteiger partial charge on any atom is 0.325 e. The van der Waals surface area contributed by atoms with Crippen molar-refractivity contribution in [3.8, 4) is 0 Å². The molecule has 0 aromatic heterocycles. The smallest absolute Gasteiger partial charge is 0.323 e. The number of benzene rings is 1. The number of hydrogen-bond donors (Lipinski definition) is 1. The Labute approximate surface area is 160 Å². The molecule has 1 aromatic rings. The quantitative estimate of drug-likeness (QED) is 0.779. The molecule has 1 spiro atoms. The van der Waals surface area contributed by atoms with Crippen LogP contribution in [0.5, 0.6) is 0 Å². The number of imide groups is 1. The Morgan fingerprint density at radius 2 is 1.96 bits per heavy atom. The Morgan fingerprint density at radius 1 is 1.26 bits per heavy atom. The van der Waals surface area contributed by atoms with Gasteiger partial charge in [-0.2, -0.15) is 0 Å². The molecule has 6 nitrogen and oxygen atoms in total. The van der Waals surface area contributed by atoms with Gasteiger partial charge in [0, 0.05) is 25.7 Å². The molecule has 1 saturated heterocycles. The van der Waals surface area contributed by atoms with Crippen molar-refractivity contribution >= 4 is 23.5 Å². The summed E-state index contributed by atoms with van der Waals surface area (Å²) < 4.78 is 0. The SMILES string of the molecule is CC(C)c1cccc(N(C)C(=O)CCCN2C(=O)NC3(CCCC3)C2=O)c1. The van der Waals surface area contributed by atoms with Crippen LogP contribution in [-0.4, -0.2) is 41.9 Å². The lowest BCUT2D eigenvalue weighted by Crippen LogP contribution is -2.44. The van der Waals surface area contributed by atoms with E-state index in [1.807, 2.05) is 18.2 Å². The highest BCUT2D eigenvalue weighted by atomic mass is 16.2. The number of nitrogens with zero attached hydrogens (tertiary/aromatic N) is 2. The van der Waals surface area contributed by atoms with E-state index in [0.29, 0.717) is 18.8 Å². The van der Waals surface area contributed by atoms with Gasteiger partial charge in [0.1, 0.15) is 5.54 Å². The molecular formula is C21H29N3O3. The molecule has 27 heavy (non-hydrogen) atoms. The van der Waals surface area contributed by atoms with E-state index < -0.39 is 5.54 Å². The van der Waals surface area contributed by atoms with E-state index in [-0.39, 0.29) is 24.4 Å². The highest BCUT2D eigenvalue weighted by Crippen LogP contribution is 2.35. The van der Waals surface area contributed by atoms with E-state index in [1.165, 1.54) is 10.5 Å². The first kappa shape index (κ1) is 19.4. The lowest BCUT2D eigenvalue weighted by molar-refractivity contribution is -0.131. The molecule has 2 fully saturated rings. The van der Waals surface area contributed by atoms with E-state index in [2.05, 4.69) is 25.2 Å². The highest BCUT2D eigenvalue weighted by Gasteiger charge is 2.52. The summed E-state index contributed by atoms with van der Waals surface area (Å²) in [6.07, 6.45) is 4.16. The lowest BCUT2D eigenvalue weighted by atomic mass is 9.98. The minimum Gasteiger partial charge on any atom is -0.323 e. The normalized spacial score (nSPS) is 18.4. The zero-order chi connectivity index (χ0) is 19.6. The van der Waals surface area contributed by atoms with E-state index in [1.54, 1.807) is 11.9 Å². The number of carbonyl (C=O) groups is 3. The van der Waals surface area contributed by atoms with Crippen LogP contribution in [0, 0.1) is 0 Å². The van der Waals surface area contributed by atoms with Gasteiger partial charge in [-0.25, -0.2) is 4.79 Å². The van der Waals surface area contributed by atoms with Crippen LogP contribution in [0.15, 0.2) is 24.3 Å². The van der Waals surface area contributed by atoms with Crippen LogP contribution in [0.3, 0.4) is 0 Å². The molecule has 146 valence electrons. The largest absolute Gasteiger partial charge is 0.325 e. The molecular weight excluding hydrogens is 342 g/mol. The van der Waals surface area contributed by atoms with E-state index in [0.717, 1.165) is 31.4 Å². The van der Waals surface area contributed by atoms with Crippen molar-refractivity contribution in [2.75, 3.05) is 18.5 Å². The predicted octanol–water partition coefficient (Wildman–Crippen LogP) is 3.42. The zero-order valence-electron chi connectivity index (χ0n) is 16.5. The van der Waals surface area contributed by atoms with Crippen LogP contribution in [0.25, 0.3) is 0 Å². The number of amides is 4. The van der Waals surface area contributed by atoms with E-state index in [9.17, 15) is 14.4 Å². The maximum absolute atomic E-state index is 12.6. The molecule has 1 aromatic carbocycles. The van der Waals surface area contributed by atoms with Gasteiger partial charge in [-0.15, -0.1) is 0 Å². The van der Waals surface area contributed by atoms with Gasteiger partial charge in [-0.3, -0.25) is 14.5 Å². The molecule has 0 atom stereocenters. The number of urea groups is 1. The molecule has 1 saturated carbocycles. The second kappa shape index (κ2) is 7.71. The lowest BCUT2D eigenvalue weighted by Gasteiger charge is -2.21. The van der Waals surface area contributed by atoms with Gasteiger partial charge in [0.15, 0.2) is 0 Å². The maximum atomic E-state index is 12.6. The van der Waals surface area contributed by atoms with Crippen molar-refractivity contribution in [2.45, 2.75) is 63.8 Å². The molecule has 6 heteroatoms. The van der Waals surface area contributed by atoms with E-state index in [4.69, 9.17) is 0 Å². The van der Waals surface area contributed by atoms with Crippen molar-refractivity contribution in [3.05, 3.63) is 29.8 Å². The minimum atomic E-state index is -0.671. The minimum absolute atomic E-state index is 0.0152. The first-order chi connectivity index (χ1) is 12.8. The summed E-state index contributed by atoms with van der Waals surface area (Å²) in [5, 5.41) is 2.87. The summed E-state index contributed by atoms with van der Waals surface area (Å²) in [6.45, 7) is 4.53. The summed E-state index contributed by atoms with van der Waals surface area (Å²) in [4.78, 5) is 40.3. The standard InChI is InChI=1S/C21H29N3O3/c1-15(2)16-8-6-9-17(14-16)23(3)18(25)10-7-13-24-19(26)21(22-20(24)27)11-4-5-12-21/h6,8-9,14-15H,4-5,7,10-13H2,1-3H3,(H,22,27). The Kier molecular flexibility index (Phi) is 5.53. The molecule has 0 unspecified atom stereocenters. The van der Waals surface area contributed by atoms with Crippen LogP contribution < -0.4 is 10.2 Å². The van der Waals surface area contributed by atoms with Crippen LogP contribution in [0.1, 0.15) is 63.9 Å². The topological polar surface area (TPSA) is 69.7 Å². The molecule has 1 heterocycles. The van der Waals surface area contributed by atoms with Crippen LogP contribution in [-0.2, 0) is 9.59 Å². The molecule has 4 amide bonds. The average molecular weight is 371 g/mol. The second-order valence-corrected chi connectivity index (χ2v) is 7.98. The third-order valence-corrected chi connectivity index (χ3v) is 5.77. The fourth-order valence-corrected chi connectivity index (χ4v) is 3.99. The zero-order valence-corrected chi connectivity index (χ0v) is 16.5. The Balaban J connectivity index is 1.54. The fourth-order valence-electron chi connectivity index (χ4n) is 3.99. The van der Waals surface area contributed by atoms with Crippen molar-refractivity contribution in [2.24, 2.45) is 0 Å². The summed E-state index contributed by atoms with van der Waals surface area (Å²) >= 11 is 0. The van der Waals surface area contributed by atoms with Gasteiger partial charge in [-0.05, 0) is 42.9 Å². The monoisotopic (exact) mass is 371 g/mol. The fraction of sp³-hybridized carbons (Fsp3) is 0.571. The number of anilines is 1. The van der Waals surface area contributed by atoms with Crippen molar-refractivity contribution in [3.63, 3.8) is 0 Å². The summed E-state index contributed by atoms with van der Waals surface area (Å²) in [6, 6.07) is 7.66. The van der Waals surface area contributed by atoms with Gasteiger partial charge < -0.3 is 10.2 Å². The second-order valence-electron chi connectivity index (χ2n) is 7.98. The number of nitrogens with one attached hydrogen (secondary N) is 1. The number of rotatable bonds is 6. The van der Waals surface area contributed by atoms with Crippen molar-refractivity contribution in [1.29, 1.82) is 0 Å². The van der Waals surface area contributed by atoms with Gasteiger partial charge >= 0.3 is 6.03 Å². The van der Waals surface area contributed by atoms with Gasteiger partial charge in [-0.1, -0.05) is 38.8 Å². The van der Waals surface area contributed by atoms with Gasteiger partial charge in [0.2, 0.25) is 5.91 Å². The molecule has 0 bridgehead atoms. The summed E-state index contributed by atoms with van der Waals surface area (Å²) in [5.74, 6) is 0.269. The number of hydrogen-bond acceptors (Lipinski definition) is 3. The van der Waals surface area contributed by atoms with E-state index >= 15 is 0 Å². The molecule has 0 radical (unpaired) electrons. The predicted molar refractivity (Wildman–Crippen MR) is 105 cm³/mol. The first-order valence-corrected chi connectivity index (χ1v) is 9.85. The van der Waals surface area contributed by atoms with Gasteiger partial charge in [0.25, 0.3) is 5.91 Å². The molecule has 2 aliphatic rings. The molecule has 1 aliphatic carbocycles. The summed E-state index contributed by atoms with van der Waals surface area (Å²) in [5.41, 5.74) is 1.38. The van der Waals surface area contributed by atoms with Crippen molar-refractivity contribution < 1.29 is 14.4 Å². The average Bonchev–Trinajstić information content (AvgIpc) is 3.21. The third-order valence-electron chi connectivity index (χ3n) is 5.77. The Hall–Kier alpha value is -2.37. The highest BCUT2D eigenvalue weighted by molar-refractivity contribution is 6.07. The Bertz CT molecular complexity index is 738. The Morgan fingerprint density at radius 3 is 2.63 bits per heavy atom. The molecule has 1 aliphatic heterocycles. The summed E-state index contributed by atoms with van der Waals surface area (Å²) in [7, 11) is 1.77. The first-order valence-electron chi connectivity index (χ1n) is 9.85. The number of carbonyl (C=O) groups excluding carboxylic acids is 3. The van der Waals surface area contributed by atoms with Crippen LogP contribution >= 0.6 is 0 Å². The van der Waals surface area contributed by atoms with Crippen LogP contribution in [0.2, 0.25) is 0 Å². The van der Waals surface area contributed by atoms with Gasteiger partial charge in [0.05, 0.1) is 0 Å². The van der Waals surface area contributed by atoms with Crippen LogP contribution in [0.4, 0.5) is 10.5 Å². The molecule has 1 N–H and O–H groups in total. The molecule has 3 rings (SSSR count). The third kappa shape index (κ3) is 3.84.